The van der Waals surface area contributed by atoms with Gasteiger partial charge in [0.1, 0.15) is 5.78 Å². The Kier molecular flexibility index (Phi) is 1.02. The van der Waals surface area contributed by atoms with Crippen molar-refractivity contribution in [1.82, 2.24) is 0 Å². The van der Waals surface area contributed by atoms with Gasteiger partial charge in [0, 0.05) is 11.8 Å². The van der Waals surface area contributed by atoms with E-state index in [-0.39, 0.29) is 11.5 Å². The molecule has 0 aromatic heterocycles. The van der Waals surface area contributed by atoms with Gasteiger partial charge in [-0.15, -0.1) is 0 Å². The smallest absolute Gasteiger partial charge is 0.142 e. The zero-order valence-corrected chi connectivity index (χ0v) is 9.63. The van der Waals surface area contributed by atoms with Gasteiger partial charge in [0.15, 0.2) is 0 Å². The second kappa shape index (κ2) is 2.01. The summed E-state index contributed by atoms with van der Waals surface area (Å²) in [7, 11) is 0. The van der Waals surface area contributed by atoms with Gasteiger partial charge in [-0.25, -0.2) is 0 Å². The largest absolute Gasteiger partial charge is 0.392 e. The molecule has 1 saturated heterocycles. The average Bonchev–Trinajstić information content (AvgIpc) is 2.79. The summed E-state index contributed by atoms with van der Waals surface area (Å²) < 4.78 is 5.71. The predicted octanol–water partition coefficient (Wildman–Crippen LogP) is 0.465. The summed E-state index contributed by atoms with van der Waals surface area (Å²) in [6, 6.07) is 0. The van der Waals surface area contributed by atoms with E-state index in [0.29, 0.717) is 40.8 Å². The van der Waals surface area contributed by atoms with Crippen LogP contribution in [0.1, 0.15) is 12.8 Å². The van der Waals surface area contributed by atoms with Crippen LogP contribution in [-0.4, -0.2) is 30.2 Å². The van der Waals surface area contributed by atoms with Gasteiger partial charge >= 0.3 is 0 Å². The summed E-state index contributed by atoms with van der Waals surface area (Å²) in [5, 5.41) is 10.7. The molecule has 8 fully saturated rings. The van der Waals surface area contributed by atoms with Crippen LogP contribution in [0.5, 0.6) is 0 Å². The molecule has 9 atom stereocenters. The van der Waals surface area contributed by atoms with E-state index in [9.17, 15) is 9.90 Å². The second-order valence-corrected chi connectivity index (χ2v) is 7.34. The Morgan fingerprint density at radius 3 is 3.06 bits per heavy atom. The van der Waals surface area contributed by atoms with Crippen molar-refractivity contribution in [3.63, 3.8) is 0 Å². The highest BCUT2D eigenvalue weighted by atomic mass is 16.5. The number of ether oxygens (including phenoxy) is 1. The first-order chi connectivity index (χ1) is 8.25. The Labute approximate surface area is 99.5 Å². The van der Waals surface area contributed by atoms with Gasteiger partial charge in [0.25, 0.3) is 0 Å². The first-order valence-electron chi connectivity index (χ1n) is 7.05. The van der Waals surface area contributed by atoms with Gasteiger partial charge in [0.2, 0.25) is 0 Å². The maximum Gasteiger partial charge on any atom is 0.142 e. The zero-order chi connectivity index (χ0) is 11.2. The van der Waals surface area contributed by atoms with Crippen molar-refractivity contribution in [2.45, 2.75) is 18.9 Å². The lowest BCUT2D eigenvalue weighted by Gasteiger charge is -2.91. The molecule has 0 radical (unpaired) electrons. The van der Waals surface area contributed by atoms with E-state index < -0.39 is 0 Å². The fourth-order valence-electron chi connectivity index (χ4n) is 7.81. The van der Waals surface area contributed by atoms with Crippen LogP contribution in [0.25, 0.3) is 0 Å². The molecule has 3 heteroatoms. The Bertz CT molecular complexity index is 488. The molecule has 0 aromatic rings. The fourth-order valence-corrected chi connectivity index (χ4v) is 7.81. The molecular formula is C14H16O3. The van der Waals surface area contributed by atoms with Crippen molar-refractivity contribution in [3.8, 4) is 0 Å². The number of carbonyl (C=O) groups is 1. The summed E-state index contributed by atoms with van der Waals surface area (Å²) >= 11 is 0. The number of ketones is 1. The Morgan fingerprint density at radius 2 is 2.18 bits per heavy atom. The van der Waals surface area contributed by atoms with E-state index in [1.165, 1.54) is 0 Å². The molecule has 7 saturated carbocycles. The van der Waals surface area contributed by atoms with Crippen LogP contribution < -0.4 is 0 Å². The molecule has 0 amide bonds. The molecule has 3 nitrogen and oxygen atoms in total. The molecule has 1 heterocycles. The summed E-state index contributed by atoms with van der Waals surface area (Å²) in [6.45, 7) is 1.73. The monoisotopic (exact) mass is 232 g/mol. The maximum atomic E-state index is 12.4. The SMILES string of the molecule is O=C1CC[C@H]2[C@@H]3C4[C@H]5[C@H]6COCC46C3[C@@]12[C@@H]5O. The molecule has 3 unspecified atom stereocenters. The van der Waals surface area contributed by atoms with E-state index in [4.69, 9.17) is 4.74 Å². The molecule has 0 aromatic carbocycles. The minimum Gasteiger partial charge on any atom is -0.392 e. The van der Waals surface area contributed by atoms with Crippen molar-refractivity contribution in [2.24, 2.45) is 46.3 Å². The standard InChI is InChI=1S/C14H16O3/c15-7-2-1-5-8-10-9-6-3-17-4-13(6,10)11(8)14(5,7)12(9)16/h5-6,8-12,16H,1-4H2/t5-,6+,8+,9+,10?,11?,12+,13?,14-/m0/s1. The Morgan fingerprint density at radius 1 is 1.29 bits per heavy atom. The molecular weight excluding hydrogens is 216 g/mol. The minimum atomic E-state index is -0.323. The van der Waals surface area contributed by atoms with Crippen LogP contribution in [0.4, 0.5) is 0 Å². The lowest BCUT2D eigenvalue weighted by Crippen LogP contribution is -2.94. The third-order valence-corrected chi connectivity index (χ3v) is 7.83. The summed E-state index contributed by atoms with van der Waals surface area (Å²) in [5.41, 5.74) is 0.0688. The van der Waals surface area contributed by atoms with Gasteiger partial charge in [-0.2, -0.15) is 0 Å². The molecule has 6 bridgehead atoms. The van der Waals surface area contributed by atoms with Crippen LogP contribution in [0.3, 0.4) is 0 Å². The first-order valence-corrected chi connectivity index (χ1v) is 7.05. The number of hydrogen-bond donors (Lipinski definition) is 1. The zero-order valence-electron chi connectivity index (χ0n) is 9.63. The summed E-state index contributed by atoms with van der Waals surface area (Å²) in [5.74, 6) is 3.94. The highest BCUT2D eigenvalue weighted by molar-refractivity contribution is 5.92. The van der Waals surface area contributed by atoms with E-state index >= 15 is 0 Å². The molecule has 7 aliphatic carbocycles. The van der Waals surface area contributed by atoms with Gasteiger partial charge < -0.3 is 9.84 Å². The summed E-state index contributed by atoms with van der Waals surface area (Å²) in [6.07, 6.45) is 1.47. The van der Waals surface area contributed by atoms with Gasteiger partial charge in [-0.3, -0.25) is 4.79 Å². The third-order valence-electron chi connectivity index (χ3n) is 7.83. The van der Waals surface area contributed by atoms with Gasteiger partial charge in [-0.1, -0.05) is 0 Å². The van der Waals surface area contributed by atoms with Crippen molar-refractivity contribution in [2.75, 3.05) is 13.2 Å². The fraction of sp³-hybridized carbons (Fsp3) is 0.929. The molecule has 2 spiro atoms. The topological polar surface area (TPSA) is 46.5 Å². The minimum absolute atomic E-state index is 0.283. The number of rotatable bonds is 0. The average molecular weight is 232 g/mol. The van der Waals surface area contributed by atoms with Crippen LogP contribution in [0.2, 0.25) is 0 Å². The number of Topliss-reactive ketones (excluding diaryl/α,β-unsaturated/α-hetero) is 1. The van der Waals surface area contributed by atoms with E-state index in [0.717, 1.165) is 32.0 Å². The highest BCUT2D eigenvalue weighted by Crippen LogP contribution is 2.94. The van der Waals surface area contributed by atoms with Crippen molar-refractivity contribution in [1.29, 1.82) is 0 Å². The van der Waals surface area contributed by atoms with Crippen LogP contribution in [0, 0.1) is 46.3 Å². The Balaban J connectivity index is 1.61. The normalized spacial score (nSPS) is 76.5. The number of carbonyl (C=O) groups excluding carboxylic acids is 1. The highest BCUT2D eigenvalue weighted by Gasteiger charge is 2.97. The third kappa shape index (κ3) is 0.478. The molecule has 1 aliphatic heterocycles. The van der Waals surface area contributed by atoms with E-state index in [1.54, 1.807) is 0 Å². The van der Waals surface area contributed by atoms with Gasteiger partial charge in [-0.05, 0) is 41.9 Å². The number of hydrogen-bond acceptors (Lipinski definition) is 3. The predicted molar refractivity (Wildman–Crippen MR) is 56.9 cm³/mol. The van der Waals surface area contributed by atoms with Crippen LogP contribution >= 0.6 is 0 Å². The van der Waals surface area contributed by atoms with Gasteiger partial charge in [0.05, 0.1) is 24.7 Å². The number of aliphatic hydroxyl groups is 1. The molecule has 17 heavy (non-hydrogen) atoms. The van der Waals surface area contributed by atoms with Crippen molar-refractivity contribution >= 4 is 5.78 Å². The molecule has 8 aliphatic rings. The molecule has 90 valence electrons. The first kappa shape index (κ1) is 8.65. The molecule has 8 rings (SSSR count). The Hall–Kier alpha value is -0.410. The number of aliphatic hydroxyl groups excluding tert-OH is 1. The van der Waals surface area contributed by atoms with Crippen LogP contribution in [-0.2, 0) is 9.53 Å². The second-order valence-electron chi connectivity index (χ2n) is 7.34. The van der Waals surface area contributed by atoms with Crippen molar-refractivity contribution < 1.29 is 14.6 Å². The summed E-state index contributed by atoms with van der Waals surface area (Å²) in [4.78, 5) is 12.4. The van der Waals surface area contributed by atoms with E-state index in [2.05, 4.69) is 0 Å². The lowest BCUT2D eigenvalue weighted by molar-refractivity contribution is -0.462. The molecule has 1 N–H and O–H groups in total. The lowest BCUT2D eigenvalue weighted by atomic mass is 9.11. The van der Waals surface area contributed by atoms with Crippen LogP contribution in [0.15, 0.2) is 0 Å². The van der Waals surface area contributed by atoms with E-state index in [1.807, 2.05) is 0 Å². The maximum absolute atomic E-state index is 12.4. The quantitative estimate of drug-likeness (QED) is 0.660. The van der Waals surface area contributed by atoms with Crippen molar-refractivity contribution in [3.05, 3.63) is 0 Å².